The van der Waals surface area contributed by atoms with Crippen molar-refractivity contribution < 1.29 is 4.79 Å². The van der Waals surface area contributed by atoms with E-state index in [9.17, 15) is 4.79 Å². The topological polar surface area (TPSA) is 80.0 Å². The van der Waals surface area contributed by atoms with Gasteiger partial charge in [-0.1, -0.05) is 12.1 Å². The van der Waals surface area contributed by atoms with Gasteiger partial charge >= 0.3 is 0 Å². The summed E-state index contributed by atoms with van der Waals surface area (Å²) in [4.78, 5) is 16.1. The SMILES string of the molecule is Cc1ccc(C)c(NC(=O)c2ccnc(NN)c2)c1. The van der Waals surface area contributed by atoms with Crippen LogP contribution in [-0.4, -0.2) is 10.9 Å². The first-order chi connectivity index (χ1) is 9.10. The molecule has 98 valence electrons. The zero-order chi connectivity index (χ0) is 13.8. The van der Waals surface area contributed by atoms with Crippen molar-refractivity contribution >= 4 is 17.4 Å². The van der Waals surface area contributed by atoms with Crippen LogP contribution < -0.4 is 16.6 Å². The molecule has 0 spiro atoms. The number of carbonyl (C=O) groups is 1. The Kier molecular flexibility index (Phi) is 3.77. The van der Waals surface area contributed by atoms with Crippen LogP contribution in [0.4, 0.5) is 11.5 Å². The molecule has 0 aliphatic rings. The zero-order valence-electron chi connectivity index (χ0n) is 10.9. The molecule has 0 unspecified atom stereocenters. The van der Waals surface area contributed by atoms with Crippen molar-refractivity contribution in [2.24, 2.45) is 5.84 Å². The molecule has 0 fully saturated rings. The lowest BCUT2D eigenvalue weighted by Gasteiger charge is -2.10. The van der Waals surface area contributed by atoms with Crippen LogP contribution in [0.25, 0.3) is 0 Å². The summed E-state index contributed by atoms with van der Waals surface area (Å²) in [6.07, 6.45) is 1.53. The highest BCUT2D eigenvalue weighted by Crippen LogP contribution is 2.17. The first kappa shape index (κ1) is 13.0. The molecule has 0 radical (unpaired) electrons. The summed E-state index contributed by atoms with van der Waals surface area (Å²) >= 11 is 0. The predicted octanol–water partition coefficient (Wildman–Crippen LogP) is 2.24. The van der Waals surface area contributed by atoms with Crippen LogP contribution in [0.15, 0.2) is 36.5 Å². The van der Waals surface area contributed by atoms with E-state index < -0.39 is 0 Å². The van der Waals surface area contributed by atoms with Gasteiger partial charge in [0.25, 0.3) is 5.91 Å². The average molecular weight is 256 g/mol. The molecule has 0 bridgehead atoms. The molecule has 2 rings (SSSR count). The molecule has 1 amide bonds. The highest BCUT2D eigenvalue weighted by atomic mass is 16.1. The molecule has 1 aromatic carbocycles. The number of hydrogen-bond donors (Lipinski definition) is 3. The van der Waals surface area contributed by atoms with Crippen molar-refractivity contribution in [2.75, 3.05) is 10.7 Å². The Morgan fingerprint density at radius 1 is 1.21 bits per heavy atom. The van der Waals surface area contributed by atoms with E-state index in [2.05, 4.69) is 15.7 Å². The predicted molar refractivity (Wildman–Crippen MR) is 75.9 cm³/mol. The second-order valence-electron chi connectivity index (χ2n) is 4.35. The lowest BCUT2D eigenvalue weighted by molar-refractivity contribution is 0.102. The third-order valence-electron chi connectivity index (χ3n) is 2.81. The number of aryl methyl sites for hydroxylation is 2. The Hall–Kier alpha value is -2.40. The molecule has 4 N–H and O–H groups in total. The van der Waals surface area contributed by atoms with Gasteiger partial charge in [0.2, 0.25) is 0 Å². The quantitative estimate of drug-likeness (QED) is 0.581. The summed E-state index contributed by atoms with van der Waals surface area (Å²) in [6, 6.07) is 9.16. The van der Waals surface area contributed by atoms with Crippen molar-refractivity contribution in [1.29, 1.82) is 0 Å². The number of hydrogen-bond acceptors (Lipinski definition) is 4. The van der Waals surface area contributed by atoms with Crippen LogP contribution in [0.1, 0.15) is 21.5 Å². The molecular weight excluding hydrogens is 240 g/mol. The van der Waals surface area contributed by atoms with Crippen molar-refractivity contribution in [3.8, 4) is 0 Å². The minimum atomic E-state index is -0.187. The molecule has 0 aliphatic heterocycles. The van der Waals surface area contributed by atoms with Gasteiger partial charge in [-0.3, -0.25) is 4.79 Å². The van der Waals surface area contributed by atoms with E-state index in [1.165, 1.54) is 6.20 Å². The van der Waals surface area contributed by atoms with E-state index in [4.69, 9.17) is 5.84 Å². The fraction of sp³-hybridized carbons (Fsp3) is 0.143. The first-order valence-corrected chi connectivity index (χ1v) is 5.91. The Balaban J connectivity index is 2.22. The van der Waals surface area contributed by atoms with Crippen LogP contribution in [0, 0.1) is 13.8 Å². The number of nitrogens with zero attached hydrogens (tertiary/aromatic N) is 1. The van der Waals surface area contributed by atoms with Crippen LogP contribution in [0.3, 0.4) is 0 Å². The molecule has 2 aromatic rings. The molecule has 5 heteroatoms. The maximum absolute atomic E-state index is 12.1. The van der Waals surface area contributed by atoms with Gasteiger partial charge in [0, 0.05) is 17.4 Å². The van der Waals surface area contributed by atoms with Crippen LogP contribution in [-0.2, 0) is 0 Å². The highest BCUT2D eigenvalue weighted by molar-refractivity contribution is 6.05. The average Bonchev–Trinajstić information content (AvgIpc) is 2.43. The van der Waals surface area contributed by atoms with Crippen molar-refractivity contribution in [3.63, 3.8) is 0 Å². The normalized spacial score (nSPS) is 10.1. The summed E-state index contributed by atoms with van der Waals surface area (Å²) in [5, 5.41) is 2.88. The van der Waals surface area contributed by atoms with Gasteiger partial charge in [0.15, 0.2) is 0 Å². The van der Waals surface area contributed by atoms with E-state index in [1.54, 1.807) is 12.1 Å². The molecule has 0 aliphatic carbocycles. The number of amides is 1. The highest BCUT2D eigenvalue weighted by Gasteiger charge is 2.08. The number of nitrogens with one attached hydrogen (secondary N) is 2. The summed E-state index contributed by atoms with van der Waals surface area (Å²) in [5.41, 5.74) is 5.84. The molecule has 0 saturated heterocycles. The fourth-order valence-corrected chi connectivity index (χ4v) is 1.72. The number of hydrazine groups is 1. The first-order valence-electron chi connectivity index (χ1n) is 5.91. The third-order valence-corrected chi connectivity index (χ3v) is 2.81. The summed E-state index contributed by atoms with van der Waals surface area (Å²) in [6.45, 7) is 3.94. The number of anilines is 2. The maximum atomic E-state index is 12.1. The monoisotopic (exact) mass is 256 g/mol. The number of pyridine rings is 1. The number of benzene rings is 1. The Morgan fingerprint density at radius 3 is 2.74 bits per heavy atom. The number of aromatic nitrogens is 1. The Morgan fingerprint density at radius 2 is 2.00 bits per heavy atom. The largest absolute Gasteiger partial charge is 0.322 e. The van der Waals surface area contributed by atoms with Gasteiger partial charge in [-0.2, -0.15) is 0 Å². The number of nitrogen functional groups attached to an aromatic ring is 1. The second kappa shape index (κ2) is 5.49. The van der Waals surface area contributed by atoms with E-state index in [0.29, 0.717) is 11.4 Å². The second-order valence-corrected chi connectivity index (χ2v) is 4.35. The lowest BCUT2D eigenvalue weighted by atomic mass is 10.1. The van der Waals surface area contributed by atoms with Crippen molar-refractivity contribution in [2.45, 2.75) is 13.8 Å². The summed E-state index contributed by atoms with van der Waals surface area (Å²) < 4.78 is 0. The van der Waals surface area contributed by atoms with Gasteiger partial charge in [-0.05, 0) is 43.2 Å². The lowest BCUT2D eigenvalue weighted by Crippen LogP contribution is -2.15. The Labute approximate surface area is 111 Å². The van der Waals surface area contributed by atoms with Gasteiger partial charge in [-0.25, -0.2) is 10.8 Å². The van der Waals surface area contributed by atoms with E-state index in [1.807, 2.05) is 32.0 Å². The molecular formula is C14H16N4O. The van der Waals surface area contributed by atoms with Gasteiger partial charge in [0.1, 0.15) is 5.82 Å². The molecule has 0 atom stereocenters. The molecule has 5 nitrogen and oxygen atoms in total. The van der Waals surface area contributed by atoms with E-state index in [-0.39, 0.29) is 5.91 Å². The molecule has 19 heavy (non-hydrogen) atoms. The zero-order valence-corrected chi connectivity index (χ0v) is 10.9. The minimum Gasteiger partial charge on any atom is -0.322 e. The van der Waals surface area contributed by atoms with Crippen LogP contribution in [0.2, 0.25) is 0 Å². The van der Waals surface area contributed by atoms with Crippen molar-refractivity contribution in [1.82, 2.24) is 4.98 Å². The van der Waals surface area contributed by atoms with Crippen LogP contribution >= 0.6 is 0 Å². The maximum Gasteiger partial charge on any atom is 0.255 e. The van der Waals surface area contributed by atoms with Crippen molar-refractivity contribution in [3.05, 3.63) is 53.2 Å². The number of nitrogens with two attached hydrogens (primary N) is 1. The van der Waals surface area contributed by atoms with E-state index in [0.717, 1.165) is 16.8 Å². The minimum absolute atomic E-state index is 0.187. The van der Waals surface area contributed by atoms with Gasteiger partial charge in [-0.15, -0.1) is 0 Å². The summed E-state index contributed by atoms with van der Waals surface area (Å²) in [5.74, 6) is 5.54. The van der Waals surface area contributed by atoms with Crippen LogP contribution in [0.5, 0.6) is 0 Å². The molecule has 0 saturated carbocycles. The standard InChI is InChI=1S/C14H16N4O/c1-9-3-4-10(2)12(7-9)17-14(19)11-5-6-16-13(8-11)18-15/h3-8H,15H2,1-2H3,(H,16,18)(H,17,19). The Bertz CT molecular complexity index is 610. The van der Waals surface area contributed by atoms with Gasteiger partial charge < -0.3 is 10.7 Å². The third kappa shape index (κ3) is 3.08. The number of carbonyl (C=O) groups excluding carboxylic acids is 1. The summed E-state index contributed by atoms with van der Waals surface area (Å²) in [7, 11) is 0. The van der Waals surface area contributed by atoms with Gasteiger partial charge in [0.05, 0.1) is 0 Å². The number of rotatable bonds is 3. The smallest absolute Gasteiger partial charge is 0.255 e. The molecule has 1 aromatic heterocycles. The fourth-order valence-electron chi connectivity index (χ4n) is 1.72. The molecule has 1 heterocycles. The van der Waals surface area contributed by atoms with E-state index >= 15 is 0 Å².